The van der Waals surface area contributed by atoms with Gasteiger partial charge in [0.25, 0.3) is 15.9 Å². The van der Waals surface area contributed by atoms with Crippen LogP contribution in [-0.4, -0.2) is 31.9 Å². The van der Waals surface area contributed by atoms with Crippen LogP contribution in [0, 0.1) is 0 Å². The van der Waals surface area contributed by atoms with Crippen LogP contribution in [0.5, 0.6) is 11.5 Å². The number of sulfonamides is 1. The first-order valence-corrected chi connectivity index (χ1v) is 11.2. The Labute approximate surface area is 193 Å². The smallest absolute Gasteiger partial charge is 0.322 e. The molecule has 3 aromatic carbocycles. The van der Waals surface area contributed by atoms with Gasteiger partial charge >= 0.3 is 5.97 Å². The Balaban J connectivity index is 1.79. The molecule has 3 rings (SSSR count). The molecule has 0 heterocycles. The molecule has 8 nitrogen and oxygen atoms in total. The number of carbonyl (C=O) groups is 2. The molecule has 0 aliphatic rings. The van der Waals surface area contributed by atoms with Gasteiger partial charge in [-0.25, -0.2) is 8.42 Å². The van der Waals surface area contributed by atoms with Gasteiger partial charge in [-0.1, -0.05) is 35.3 Å². The Morgan fingerprint density at radius 2 is 1.62 bits per heavy atom. The highest BCUT2D eigenvalue weighted by molar-refractivity contribution is 7.92. The van der Waals surface area contributed by atoms with E-state index in [1.54, 1.807) is 30.3 Å². The van der Waals surface area contributed by atoms with Crippen molar-refractivity contribution in [1.82, 2.24) is 5.32 Å². The van der Waals surface area contributed by atoms with Crippen molar-refractivity contribution in [1.29, 1.82) is 0 Å². The number of carboxylic acid groups (broad SMARTS) is 1. The molecule has 166 valence electrons. The number of carboxylic acids is 1. The number of nitrogens with one attached hydrogen (secondary N) is 2. The van der Waals surface area contributed by atoms with Gasteiger partial charge in [-0.3, -0.25) is 14.3 Å². The highest BCUT2D eigenvalue weighted by Gasteiger charge is 2.18. The summed E-state index contributed by atoms with van der Waals surface area (Å²) in [6, 6.07) is 16.1. The number of hydrogen-bond acceptors (Lipinski definition) is 5. The van der Waals surface area contributed by atoms with Crippen molar-refractivity contribution in [2.45, 2.75) is 4.90 Å². The van der Waals surface area contributed by atoms with E-state index in [4.69, 9.17) is 33.0 Å². The van der Waals surface area contributed by atoms with Crippen molar-refractivity contribution in [3.63, 3.8) is 0 Å². The van der Waals surface area contributed by atoms with E-state index in [1.165, 1.54) is 36.4 Å². The largest absolute Gasteiger partial charge is 0.480 e. The van der Waals surface area contributed by atoms with Gasteiger partial charge in [0, 0.05) is 10.6 Å². The second-order valence-electron chi connectivity index (χ2n) is 6.38. The molecule has 0 spiro atoms. The SMILES string of the molecule is O=C(O)CNC(=O)c1ccc(S(=O)(=O)Nc2ccccc2Oc2ccc(Cl)cc2Cl)cc1. The van der Waals surface area contributed by atoms with Gasteiger partial charge in [0.15, 0.2) is 5.75 Å². The third-order valence-electron chi connectivity index (χ3n) is 4.07. The van der Waals surface area contributed by atoms with Crippen LogP contribution >= 0.6 is 23.2 Å². The quantitative estimate of drug-likeness (QED) is 0.426. The summed E-state index contributed by atoms with van der Waals surface area (Å²) in [5, 5.41) is 11.5. The lowest BCUT2D eigenvalue weighted by Gasteiger charge is -2.14. The number of halogens is 2. The molecule has 0 fully saturated rings. The van der Waals surface area contributed by atoms with Crippen LogP contribution < -0.4 is 14.8 Å². The summed E-state index contributed by atoms with van der Waals surface area (Å²) >= 11 is 12.0. The fourth-order valence-electron chi connectivity index (χ4n) is 2.56. The van der Waals surface area contributed by atoms with Crippen molar-refractivity contribution in [2.75, 3.05) is 11.3 Å². The molecule has 0 aliphatic carbocycles. The molecule has 1 amide bonds. The number of carbonyl (C=O) groups excluding carboxylic acids is 1. The van der Waals surface area contributed by atoms with E-state index in [1.807, 2.05) is 0 Å². The molecule has 0 aliphatic heterocycles. The minimum atomic E-state index is -4.02. The molecule has 0 atom stereocenters. The maximum Gasteiger partial charge on any atom is 0.322 e. The second kappa shape index (κ2) is 9.90. The van der Waals surface area contributed by atoms with Gasteiger partial charge in [-0.15, -0.1) is 0 Å². The molecule has 0 bridgehead atoms. The molecule has 0 aromatic heterocycles. The number of hydrogen-bond donors (Lipinski definition) is 3. The molecule has 0 saturated carbocycles. The summed E-state index contributed by atoms with van der Waals surface area (Å²) in [7, 11) is -4.02. The summed E-state index contributed by atoms with van der Waals surface area (Å²) in [4.78, 5) is 22.3. The Hall–Kier alpha value is -3.27. The van der Waals surface area contributed by atoms with Crippen molar-refractivity contribution in [3.8, 4) is 11.5 Å². The fourth-order valence-corrected chi connectivity index (χ4v) is 4.08. The number of benzene rings is 3. The zero-order valence-electron chi connectivity index (χ0n) is 16.2. The fraction of sp³-hybridized carbons (Fsp3) is 0.0476. The average molecular weight is 495 g/mol. The van der Waals surface area contributed by atoms with E-state index in [9.17, 15) is 18.0 Å². The molecular formula is C21H16Cl2N2O6S. The van der Waals surface area contributed by atoms with Gasteiger partial charge in [0.2, 0.25) is 0 Å². The molecule has 32 heavy (non-hydrogen) atoms. The summed E-state index contributed by atoms with van der Waals surface area (Å²) in [5.74, 6) is -1.32. The first kappa shape index (κ1) is 23.4. The van der Waals surface area contributed by atoms with Gasteiger partial charge in [-0.2, -0.15) is 0 Å². The van der Waals surface area contributed by atoms with Gasteiger partial charge < -0.3 is 15.2 Å². The van der Waals surface area contributed by atoms with Crippen molar-refractivity contribution < 1.29 is 27.9 Å². The molecule has 0 radical (unpaired) electrons. The molecule has 3 aromatic rings. The highest BCUT2D eigenvalue weighted by atomic mass is 35.5. The normalized spacial score (nSPS) is 10.9. The van der Waals surface area contributed by atoms with Crippen LogP contribution in [0.2, 0.25) is 10.0 Å². The topological polar surface area (TPSA) is 122 Å². The number of rotatable bonds is 8. The van der Waals surface area contributed by atoms with Crippen molar-refractivity contribution in [3.05, 3.63) is 82.3 Å². The minimum Gasteiger partial charge on any atom is -0.480 e. The Kier molecular flexibility index (Phi) is 7.24. The van der Waals surface area contributed by atoms with Crippen molar-refractivity contribution in [2.24, 2.45) is 0 Å². The van der Waals surface area contributed by atoms with Crippen LogP contribution in [0.15, 0.2) is 71.6 Å². The van der Waals surface area contributed by atoms with E-state index in [0.717, 1.165) is 0 Å². The van der Waals surface area contributed by atoms with Crippen LogP contribution in [-0.2, 0) is 14.8 Å². The zero-order valence-corrected chi connectivity index (χ0v) is 18.5. The third-order valence-corrected chi connectivity index (χ3v) is 5.98. The first-order valence-electron chi connectivity index (χ1n) is 9.00. The molecule has 0 unspecified atom stereocenters. The number of ether oxygens (including phenoxy) is 1. The lowest BCUT2D eigenvalue weighted by atomic mass is 10.2. The summed E-state index contributed by atoms with van der Waals surface area (Å²) in [5.41, 5.74) is 0.285. The van der Waals surface area contributed by atoms with Crippen LogP contribution in [0.4, 0.5) is 5.69 Å². The number of para-hydroxylation sites is 2. The van der Waals surface area contributed by atoms with Crippen LogP contribution in [0.1, 0.15) is 10.4 Å². The van der Waals surface area contributed by atoms with E-state index < -0.39 is 28.4 Å². The minimum absolute atomic E-state index is 0.105. The maximum atomic E-state index is 12.8. The Bertz CT molecular complexity index is 1260. The number of anilines is 1. The van der Waals surface area contributed by atoms with Crippen molar-refractivity contribution >= 4 is 50.8 Å². The van der Waals surface area contributed by atoms with Gasteiger partial charge in [-0.05, 0) is 54.6 Å². The van der Waals surface area contributed by atoms with E-state index in [-0.39, 0.29) is 26.9 Å². The zero-order chi connectivity index (χ0) is 23.3. The standard InChI is InChI=1S/C21H16Cl2N2O6S/c22-14-7-10-18(16(23)11-14)31-19-4-2-1-3-17(19)25-32(29,30)15-8-5-13(6-9-15)21(28)24-12-20(26)27/h1-11,25H,12H2,(H,24,28)(H,26,27). The maximum absolute atomic E-state index is 12.8. The first-order chi connectivity index (χ1) is 15.2. The lowest BCUT2D eigenvalue weighted by molar-refractivity contribution is -0.135. The number of amides is 1. The van der Waals surface area contributed by atoms with E-state index >= 15 is 0 Å². The molecule has 11 heteroatoms. The predicted octanol–water partition coefficient (Wildman–Crippen LogP) is 4.40. The predicted molar refractivity (Wildman–Crippen MR) is 120 cm³/mol. The third kappa shape index (κ3) is 5.91. The Morgan fingerprint density at radius 1 is 0.938 bits per heavy atom. The molecular weight excluding hydrogens is 479 g/mol. The number of aliphatic carboxylic acids is 1. The monoisotopic (exact) mass is 494 g/mol. The summed E-state index contributed by atoms with van der Waals surface area (Å²) in [6.45, 7) is -0.547. The van der Waals surface area contributed by atoms with E-state index in [0.29, 0.717) is 10.8 Å². The second-order valence-corrected chi connectivity index (χ2v) is 8.91. The van der Waals surface area contributed by atoms with Crippen LogP contribution in [0.3, 0.4) is 0 Å². The van der Waals surface area contributed by atoms with E-state index in [2.05, 4.69) is 10.0 Å². The van der Waals surface area contributed by atoms with Gasteiger partial charge in [0.05, 0.1) is 15.6 Å². The summed E-state index contributed by atoms with van der Waals surface area (Å²) < 4.78 is 33.8. The average Bonchev–Trinajstić information content (AvgIpc) is 2.75. The molecule has 3 N–H and O–H groups in total. The Morgan fingerprint density at radius 3 is 2.28 bits per heavy atom. The van der Waals surface area contributed by atoms with Crippen LogP contribution in [0.25, 0.3) is 0 Å². The summed E-state index contributed by atoms with van der Waals surface area (Å²) in [6.07, 6.45) is 0. The molecule has 0 saturated heterocycles. The van der Waals surface area contributed by atoms with Gasteiger partial charge in [0.1, 0.15) is 12.3 Å². The lowest BCUT2D eigenvalue weighted by Crippen LogP contribution is -2.29. The highest BCUT2D eigenvalue weighted by Crippen LogP contribution is 2.35.